The van der Waals surface area contributed by atoms with Crippen LogP contribution in [0.1, 0.15) is 30.6 Å². The monoisotopic (exact) mass is 258 g/mol. The van der Waals surface area contributed by atoms with Gasteiger partial charge in [-0.3, -0.25) is 4.79 Å². The third kappa shape index (κ3) is 2.66. The van der Waals surface area contributed by atoms with Crippen molar-refractivity contribution < 1.29 is 22.7 Å². The molecule has 2 rings (SSSR count). The van der Waals surface area contributed by atoms with Crippen LogP contribution in [0, 0.1) is 11.3 Å². The molecule has 1 fully saturated rings. The molecule has 2 nitrogen and oxygen atoms in total. The average Bonchev–Trinajstić information content (AvgIpc) is 2.85. The minimum Gasteiger partial charge on any atom is -0.405 e. The number of rotatable bonds is 3. The molecule has 1 unspecified atom stereocenters. The molecule has 0 N–H and O–H groups in total. The Bertz CT molecular complexity index is 477. The summed E-state index contributed by atoms with van der Waals surface area (Å²) in [6.45, 7) is 3.84. The number of para-hydroxylation sites is 1. The smallest absolute Gasteiger partial charge is 0.405 e. The number of benzene rings is 1. The Morgan fingerprint density at radius 2 is 1.89 bits per heavy atom. The molecule has 1 aliphatic rings. The fourth-order valence-corrected chi connectivity index (χ4v) is 1.99. The van der Waals surface area contributed by atoms with Crippen LogP contribution in [0.15, 0.2) is 24.3 Å². The molecule has 98 valence electrons. The van der Waals surface area contributed by atoms with E-state index in [9.17, 15) is 18.0 Å². The first-order valence-electron chi connectivity index (χ1n) is 5.60. The summed E-state index contributed by atoms with van der Waals surface area (Å²) in [5.41, 5.74) is -0.118. The van der Waals surface area contributed by atoms with Crippen LogP contribution in [0.4, 0.5) is 13.2 Å². The Morgan fingerprint density at radius 1 is 1.33 bits per heavy atom. The van der Waals surface area contributed by atoms with Crippen LogP contribution in [0.25, 0.3) is 0 Å². The van der Waals surface area contributed by atoms with Crippen molar-refractivity contribution in [1.82, 2.24) is 0 Å². The van der Waals surface area contributed by atoms with Crippen molar-refractivity contribution in [3.05, 3.63) is 29.8 Å². The lowest BCUT2D eigenvalue weighted by atomic mass is 10.0. The number of hydrogen-bond donors (Lipinski definition) is 0. The first kappa shape index (κ1) is 12.9. The van der Waals surface area contributed by atoms with Gasteiger partial charge in [-0.2, -0.15) is 0 Å². The van der Waals surface area contributed by atoms with Crippen molar-refractivity contribution in [2.45, 2.75) is 26.6 Å². The largest absolute Gasteiger partial charge is 0.573 e. The molecule has 0 aromatic heterocycles. The second-order valence-corrected chi connectivity index (χ2v) is 5.15. The predicted octanol–water partition coefficient (Wildman–Crippen LogP) is 3.81. The van der Waals surface area contributed by atoms with Gasteiger partial charge in [-0.15, -0.1) is 13.2 Å². The normalized spacial score (nSPS) is 21.5. The molecule has 0 bridgehead atoms. The number of hydrogen-bond acceptors (Lipinski definition) is 2. The van der Waals surface area contributed by atoms with Gasteiger partial charge in [-0.25, -0.2) is 0 Å². The Labute approximate surface area is 103 Å². The number of carbonyl (C=O) groups is 1. The van der Waals surface area contributed by atoms with Crippen molar-refractivity contribution in [3.63, 3.8) is 0 Å². The molecule has 1 aromatic rings. The maximum atomic E-state index is 12.2. The van der Waals surface area contributed by atoms with Gasteiger partial charge in [0, 0.05) is 5.92 Å². The maximum Gasteiger partial charge on any atom is 0.573 e. The quantitative estimate of drug-likeness (QED) is 0.770. The van der Waals surface area contributed by atoms with E-state index in [0.29, 0.717) is 6.42 Å². The molecule has 0 spiro atoms. The lowest BCUT2D eigenvalue weighted by Crippen LogP contribution is -2.19. The van der Waals surface area contributed by atoms with E-state index >= 15 is 0 Å². The highest BCUT2D eigenvalue weighted by Crippen LogP contribution is 2.53. The second kappa shape index (κ2) is 4.00. The fourth-order valence-electron chi connectivity index (χ4n) is 1.99. The summed E-state index contributed by atoms with van der Waals surface area (Å²) >= 11 is 0. The molecule has 0 saturated heterocycles. The molecule has 0 amide bonds. The van der Waals surface area contributed by atoms with Crippen molar-refractivity contribution in [1.29, 1.82) is 0 Å². The zero-order chi connectivity index (χ0) is 13.6. The van der Waals surface area contributed by atoms with Crippen molar-refractivity contribution >= 4 is 5.78 Å². The van der Waals surface area contributed by atoms with E-state index in [1.54, 1.807) is 0 Å². The molecule has 1 aromatic carbocycles. The molecule has 5 heteroatoms. The first-order valence-corrected chi connectivity index (χ1v) is 5.60. The van der Waals surface area contributed by atoms with E-state index in [2.05, 4.69) is 4.74 Å². The predicted molar refractivity (Wildman–Crippen MR) is 59.3 cm³/mol. The second-order valence-electron chi connectivity index (χ2n) is 5.15. The first-order chi connectivity index (χ1) is 8.21. The minimum atomic E-state index is -4.78. The van der Waals surface area contributed by atoms with Crippen molar-refractivity contribution in [3.8, 4) is 5.75 Å². The topological polar surface area (TPSA) is 26.3 Å². The third-order valence-corrected chi connectivity index (χ3v) is 3.21. The summed E-state index contributed by atoms with van der Waals surface area (Å²) in [5, 5.41) is 0. The molecule has 0 aliphatic heterocycles. The van der Waals surface area contributed by atoms with Crippen LogP contribution in [-0.4, -0.2) is 12.1 Å². The van der Waals surface area contributed by atoms with Crippen LogP contribution in [0.5, 0.6) is 5.75 Å². The summed E-state index contributed by atoms with van der Waals surface area (Å²) in [6, 6.07) is 5.48. The number of alkyl halides is 3. The Hall–Kier alpha value is -1.52. The highest BCUT2D eigenvalue weighted by Gasteiger charge is 2.51. The summed E-state index contributed by atoms with van der Waals surface area (Å²) in [5.74, 6) is -0.909. The highest BCUT2D eigenvalue weighted by atomic mass is 19.4. The van der Waals surface area contributed by atoms with E-state index < -0.39 is 12.1 Å². The fraction of sp³-hybridized carbons (Fsp3) is 0.462. The van der Waals surface area contributed by atoms with Crippen molar-refractivity contribution in [2.24, 2.45) is 11.3 Å². The Balaban J connectivity index is 2.26. The molecular weight excluding hydrogens is 245 g/mol. The zero-order valence-corrected chi connectivity index (χ0v) is 10.0. The van der Waals surface area contributed by atoms with E-state index in [-0.39, 0.29) is 22.7 Å². The Morgan fingerprint density at radius 3 is 2.39 bits per heavy atom. The van der Waals surface area contributed by atoms with Crippen molar-refractivity contribution in [2.75, 3.05) is 0 Å². The van der Waals surface area contributed by atoms with Gasteiger partial charge in [-0.1, -0.05) is 26.0 Å². The standard InChI is InChI=1S/C13H13F3O2/c1-12(2)7-9(12)11(17)8-5-3-4-6-10(8)18-13(14,15)16/h3-6,9H,7H2,1-2H3. The van der Waals surface area contributed by atoms with Crippen LogP contribution >= 0.6 is 0 Å². The van der Waals surface area contributed by atoms with E-state index in [1.165, 1.54) is 18.2 Å². The molecular formula is C13H13F3O2. The molecule has 1 saturated carbocycles. The summed E-state index contributed by atoms with van der Waals surface area (Å²) in [7, 11) is 0. The summed E-state index contributed by atoms with van der Waals surface area (Å²) < 4.78 is 40.5. The van der Waals surface area contributed by atoms with Gasteiger partial charge >= 0.3 is 6.36 Å². The third-order valence-electron chi connectivity index (χ3n) is 3.21. The van der Waals surface area contributed by atoms with Gasteiger partial charge in [0.25, 0.3) is 0 Å². The van der Waals surface area contributed by atoms with Gasteiger partial charge in [0.05, 0.1) is 5.56 Å². The van der Waals surface area contributed by atoms with Gasteiger partial charge in [0.1, 0.15) is 5.75 Å². The Kier molecular flexibility index (Phi) is 2.87. The number of halogens is 3. The van der Waals surface area contributed by atoms with Crippen LogP contribution in [0.2, 0.25) is 0 Å². The van der Waals surface area contributed by atoms with E-state index in [4.69, 9.17) is 0 Å². The number of ether oxygens (including phenoxy) is 1. The lowest BCUT2D eigenvalue weighted by molar-refractivity contribution is -0.274. The van der Waals surface area contributed by atoms with Crippen LogP contribution < -0.4 is 4.74 Å². The van der Waals surface area contributed by atoms with Gasteiger partial charge in [0.2, 0.25) is 0 Å². The average molecular weight is 258 g/mol. The highest BCUT2D eigenvalue weighted by molar-refractivity contribution is 6.02. The number of Topliss-reactive ketones (excluding diaryl/α,β-unsaturated/α-hetero) is 1. The van der Waals surface area contributed by atoms with E-state index in [0.717, 1.165) is 6.07 Å². The minimum absolute atomic E-state index is 0.00500. The zero-order valence-electron chi connectivity index (χ0n) is 10.0. The van der Waals surface area contributed by atoms with E-state index in [1.807, 2.05) is 13.8 Å². The van der Waals surface area contributed by atoms with Gasteiger partial charge < -0.3 is 4.74 Å². The van der Waals surface area contributed by atoms with Gasteiger partial charge in [-0.05, 0) is 24.0 Å². The maximum absolute atomic E-state index is 12.2. The summed E-state index contributed by atoms with van der Waals surface area (Å²) in [4.78, 5) is 12.1. The molecule has 0 heterocycles. The van der Waals surface area contributed by atoms with Crippen LogP contribution in [0.3, 0.4) is 0 Å². The van der Waals surface area contributed by atoms with Gasteiger partial charge in [0.15, 0.2) is 5.78 Å². The summed E-state index contributed by atoms with van der Waals surface area (Å²) in [6.07, 6.45) is -4.08. The SMILES string of the molecule is CC1(C)CC1C(=O)c1ccccc1OC(F)(F)F. The molecule has 1 aliphatic carbocycles. The molecule has 0 radical (unpaired) electrons. The number of carbonyl (C=O) groups excluding carboxylic acids is 1. The number of ketones is 1. The molecule has 1 atom stereocenters. The van der Waals surface area contributed by atoms with Crippen LogP contribution in [-0.2, 0) is 0 Å². The lowest BCUT2D eigenvalue weighted by Gasteiger charge is -2.12. The molecule has 18 heavy (non-hydrogen) atoms.